The van der Waals surface area contributed by atoms with Gasteiger partial charge in [0, 0.05) is 36.4 Å². The van der Waals surface area contributed by atoms with Crippen LogP contribution in [0.1, 0.15) is 35.7 Å². The molecule has 1 N–H and O–H groups in total. The van der Waals surface area contributed by atoms with E-state index in [-0.39, 0.29) is 6.04 Å². The van der Waals surface area contributed by atoms with Gasteiger partial charge < -0.3 is 19.6 Å². The molecule has 0 radical (unpaired) electrons. The highest BCUT2D eigenvalue weighted by Crippen LogP contribution is 2.32. The van der Waals surface area contributed by atoms with Crippen molar-refractivity contribution in [2.24, 2.45) is 0 Å². The van der Waals surface area contributed by atoms with E-state index in [1.54, 1.807) is 6.07 Å². The molecule has 2 rings (SSSR count). The van der Waals surface area contributed by atoms with Gasteiger partial charge in [0.05, 0.1) is 12.7 Å². The first kappa shape index (κ1) is 18.4. The number of amides is 1. The summed E-state index contributed by atoms with van der Waals surface area (Å²) >= 11 is 6.21. The summed E-state index contributed by atoms with van der Waals surface area (Å²) in [5, 5.41) is 9.57. The Kier molecular flexibility index (Phi) is 5.94. The molecule has 7 heteroatoms. The zero-order valence-electron chi connectivity index (χ0n) is 14.2. The molecule has 1 aliphatic rings. The lowest BCUT2D eigenvalue weighted by Crippen LogP contribution is -2.46. The van der Waals surface area contributed by atoms with Crippen LogP contribution in [0, 0.1) is 6.92 Å². The number of methoxy groups -OCH3 is 1. The molecule has 1 aromatic carbocycles. The molecular formula is C17H23ClN2O4. The molecule has 0 aliphatic carbocycles. The van der Waals surface area contributed by atoms with E-state index in [0.717, 1.165) is 30.6 Å². The molecule has 1 fully saturated rings. The summed E-state index contributed by atoms with van der Waals surface area (Å²) in [6.07, 6.45) is 0.627. The van der Waals surface area contributed by atoms with E-state index in [4.69, 9.17) is 21.4 Å². The van der Waals surface area contributed by atoms with Gasteiger partial charge in [-0.1, -0.05) is 11.6 Å². The van der Waals surface area contributed by atoms with Crippen molar-refractivity contribution in [1.82, 2.24) is 4.90 Å². The predicted molar refractivity (Wildman–Crippen MR) is 93.2 cm³/mol. The fraction of sp³-hybridized carbons (Fsp3) is 0.529. The van der Waals surface area contributed by atoms with Crippen molar-refractivity contribution in [1.29, 1.82) is 0 Å². The number of carbonyl (C=O) groups is 2. The Hall–Kier alpha value is -1.95. The van der Waals surface area contributed by atoms with Crippen LogP contribution in [0.3, 0.4) is 0 Å². The number of hydrogen-bond donors (Lipinski definition) is 1. The van der Waals surface area contributed by atoms with Crippen LogP contribution in [0.4, 0.5) is 10.5 Å². The molecule has 1 amide bonds. The van der Waals surface area contributed by atoms with Gasteiger partial charge in [-0.25, -0.2) is 9.59 Å². The second kappa shape index (κ2) is 7.75. The Labute approximate surface area is 146 Å². The number of esters is 1. The smallest absolute Gasteiger partial charge is 0.407 e. The number of likely N-dealkylation sites (tertiary alicyclic amines) is 1. The number of ether oxygens (including phenoxy) is 1. The van der Waals surface area contributed by atoms with Crippen molar-refractivity contribution in [3.05, 3.63) is 28.3 Å². The van der Waals surface area contributed by atoms with E-state index in [1.165, 1.54) is 12.0 Å². The molecule has 0 atom stereocenters. The van der Waals surface area contributed by atoms with E-state index in [0.29, 0.717) is 23.7 Å². The van der Waals surface area contributed by atoms with Crippen LogP contribution in [0.25, 0.3) is 0 Å². The predicted octanol–water partition coefficient (Wildman–Crippen LogP) is 3.40. The molecule has 0 bridgehead atoms. The first-order valence-corrected chi connectivity index (χ1v) is 8.39. The maximum Gasteiger partial charge on any atom is 0.407 e. The lowest BCUT2D eigenvalue weighted by atomic mass is 9.99. The van der Waals surface area contributed by atoms with Gasteiger partial charge in [0.1, 0.15) is 0 Å². The van der Waals surface area contributed by atoms with Crippen LogP contribution >= 0.6 is 11.6 Å². The second-order valence-electron chi connectivity index (χ2n) is 5.88. The standard InChI is InChI=1S/C17H23ClN2O4/c1-4-20(13-5-7-19(8-6-13)17(22)23)15-10-12(18)9-14(11(15)2)16(21)24-3/h9-10,13H,4-8H2,1-3H3,(H,22,23). The topological polar surface area (TPSA) is 70.1 Å². The quantitative estimate of drug-likeness (QED) is 0.839. The highest BCUT2D eigenvalue weighted by molar-refractivity contribution is 6.31. The molecule has 24 heavy (non-hydrogen) atoms. The molecule has 0 aromatic heterocycles. The third-order valence-electron chi connectivity index (χ3n) is 4.58. The van der Waals surface area contributed by atoms with Crippen LogP contribution < -0.4 is 4.90 Å². The number of rotatable bonds is 4. The van der Waals surface area contributed by atoms with Gasteiger partial charge in [-0.15, -0.1) is 0 Å². The van der Waals surface area contributed by atoms with E-state index >= 15 is 0 Å². The number of benzene rings is 1. The largest absolute Gasteiger partial charge is 0.465 e. The maximum absolute atomic E-state index is 12.0. The number of hydrogen-bond acceptors (Lipinski definition) is 4. The summed E-state index contributed by atoms with van der Waals surface area (Å²) in [5.41, 5.74) is 2.19. The van der Waals surface area contributed by atoms with Crippen molar-refractivity contribution in [2.45, 2.75) is 32.7 Å². The maximum atomic E-state index is 12.0. The van der Waals surface area contributed by atoms with Crippen molar-refractivity contribution < 1.29 is 19.4 Å². The van der Waals surface area contributed by atoms with E-state index in [2.05, 4.69) is 4.90 Å². The molecule has 1 saturated heterocycles. The Morgan fingerprint density at radius 3 is 2.50 bits per heavy atom. The summed E-state index contributed by atoms with van der Waals surface area (Å²) in [6, 6.07) is 3.69. The van der Waals surface area contributed by atoms with Crippen LogP contribution in [-0.4, -0.2) is 54.9 Å². The normalized spacial score (nSPS) is 15.2. The molecule has 6 nitrogen and oxygen atoms in total. The Balaban J connectivity index is 2.30. The van der Waals surface area contributed by atoms with Gasteiger partial charge in [-0.05, 0) is 44.4 Å². The van der Waals surface area contributed by atoms with Crippen molar-refractivity contribution in [2.75, 3.05) is 31.6 Å². The van der Waals surface area contributed by atoms with Gasteiger partial charge in [0.25, 0.3) is 0 Å². The SMILES string of the molecule is CCN(c1cc(Cl)cc(C(=O)OC)c1C)C1CCN(C(=O)O)CC1. The summed E-state index contributed by atoms with van der Waals surface area (Å²) < 4.78 is 4.84. The lowest BCUT2D eigenvalue weighted by molar-refractivity contribution is 0.0599. The third kappa shape index (κ3) is 3.75. The zero-order valence-corrected chi connectivity index (χ0v) is 15.0. The minimum Gasteiger partial charge on any atom is -0.465 e. The monoisotopic (exact) mass is 354 g/mol. The van der Waals surface area contributed by atoms with Crippen LogP contribution in [0.2, 0.25) is 5.02 Å². The highest BCUT2D eigenvalue weighted by Gasteiger charge is 2.28. The van der Waals surface area contributed by atoms with E-state index < -0.39 is 12.1 Å². The second-order valence-corrected chi connectivity index (χ2v) is 6.31. The molecule has 132 valence electrons. The summed E-state index contributed by atoms with van der Waals surface area (Å²) in [4.78, 5) is 26.7. The molecular weight excluding hydrogens is 332 g/mol. The van der Waals surface area contributed by atoms with Gasteiger partial charge in [0.2, 0.25) is 0 Å². The first-order chi connectivity index (χ1) is 11.4. The number of carboxylic acid groups (broad SMARTS) is 1. The molecule has 1 aromatic rings. The van der Waals surface area contributed by atoms with Gasteiger partial charge in [0.15, 0.2) is 0 Å². The lowest BCUT2D eigenvalue weighted by Gasteiger charge is -2.39. The fourth-order valence-corrected chi connectivity index (χ4v) is 3.49. The Bertz CT molecular complexity index is 627. The van der Waals surface area contributed by atoms with E-state index in [1.807, 2.05) is 19.9 Å². The molecule has 0 unspecified atom stereocenters. The van der Waals surface area contributed by atoms with Gasteiger partial charge >= 0.3 is 12.1 Å². The number of carbonyl (C=O) groups excluding carboxylic acids is 1. The summed E-state index contributed by atoms with van der Waals surface area (Å²) in [5.74, 6) is -0.409. The fourth-order valence-electron chi connectivity index (χ4n) is 3.28. The number of halogens is 1. The summed E-state index contributed by atoms with van der Waals surface area (Å²) in [6.45, 7) is 5.70. The third-order valence-corrected chi connectivity index (χ3v) is 4.79. The van der Waals surface area contributed by atoms with Gasteiger partial charge in [-0.3, -0.25) is 0 Å². The number of anilines is 1. The molecule has 0 spiro atoms. The van der Waals surface area contributed by atoms with Crippen LogP contribution in [0.5, 0.6) is 0 Å². The number of nitrogens with zero attached hydrogens (tertiary/aromatic N) is 2. The average Bonchev–Trinajstić information content (AvgIpc) is 2.58. The van der Waals surface area contributed by atoms with Crippen LogP contribution in [0.15, 0.2) is 12.1 Å². The van der Waals surface area contributed by atoms with E-state index in [9.17, 15) is 9.59 Å². The molecule has 0 saturated carbocycles. The molecule has 1 heterocycles. The molecule has 1 aliphatic heterocycles. The zero-order chi connectivity index (χ0) is 17.9. The average molecular weight is 355 g/mol. The Morgan fingerprint density at radius 2 is 2.00 bits per heavy atom. The van der Waals surface area contributed by atoms with Crippen LogP contribution in [-0.2, 0) is 4.74 Å². The van der Waals surface area contributed by atoms with Crippen molar-refractivity contribution in [3.8, 4) is 0 Å². The first-order valence-electron chi connectivity index (χ1n) is 8.02. The van der Waals surface area contributed by atoms with Crippen molar-refractivity contribution >= 4 is 29.4 Å². The van der Waals surface area contributed by atoms with Crippen molar-refractivity contribution in [3.63, 3.8) is 0 Å². The minimum absolute atomic E-state index is 0.216. The minimum atomic E-state index is -0.872. The summed E-state index contributed by atoms with van der Waals surface area (Å²) in [7, 11) is 1.35. The Morgan fingerprint density at radius 1 is 1.38 bits per heavy atom. The number of piperidine rings is 1. The van der Waals surface area contributed by atoms with Gasteiger partial charge in [-0.2, -0.15) is 0 Å². The highest BCUT2D eigenvalue weighted by atomic mass is 35.5.